The second-order valence-corrected chi connectivity index (χ2v) is 4.68. The van der Waals surface area contributed by atoms with Crippen LogP contribution in [-0.4, -0.2) is 24.1 Å². The minimum Gasteiger partial charge on any atom is -0.494 e. The number of carbonyl (C=O) groups excluding carboxylic acids is 1. The molecule has 0 aliphatic heterocycles. The zero-order valence-corrected chi connectivity index (χ0v) is 13.1. The molecule has 1 N–H and O–H groups in total. The van der Waals surface area contributed by atoms with E-state index in [1.54, 1.807) is 18.3 Å². The van der Waals surface area contributed by atoms with Crippen LogP contribution in [0.15, 0.2) is 36.5 Å². The average Bonchev–Trinajstić information content (AvgIpc) is 2.51. The number of nitrogens with zero attached hydrogens (tertiary/aromatic N) is 1. The summed E-state index contributed by atoms with van der Waals surface area (Å²) in [6.45, 7) is 6.88. The van der Waals surface area contributed by atoms with E-state index in [4.69, 9.17) is 9.47 Å². The number of hydrogen-bond acceptors (Lipinski definition) is 4. The zero-order valence-electron chi connectivity index (χ0n) is 13.1. The first-order chi connectivity index (χ1) is 10.6. The molecule has 2 aromatic rings. The van der Waals surface area contributed by atoms with Gasteiger partial charge in [-0.15, -0.1) is 0 Å². The number of pyridine rings is 1. The molecule has 1 heterocycles. The fraction of sp³-hybridized carbons (Fsp3) is 0.294. The molecule has 0 unspecified atom stereocenters. The Morgan fingerprint density at radius 1 is 1.14 bits per heavy atom. The molecule has 116 valence electrons. The van der Waals surface area contributed by atoms with Crippen LogP contribution in [-0.2, 0) is 0 Å². The van der Waals surface area contributed by atoms with Crippen LogP contribution in [0.4, 0.5) is 5.69 Å². The van der Waals surface area contributed by atoms with E-state index in [-0.39, 0.29) is 5.91 Å². The molecule has 0 aliphatic rings. The third kappa shape index (κ3) is 3.97. The van der Waals surface area contributed by atoms with Gasteiger partial charge in [0, 0.05) is 23.5 Å². The van der Waals surface area contributed by atoms with Gasteiger partial charge in [0.2, 0.25) is 5.88 Å². The van der Waals surface area contributed by atoms with E-state index in [2.05, 4.69) is 10.3 Å². The summed E-state index contributed by atoms with van der Waals surface area (Å²) in [5.41, 5.74) is 2.20. The molecule has 2 rings (SSSR count). The molecule has 5 nitrogen and oxygen atoms in total. The van der Waals surface area contributed by atoms with Crippen LogP contribution in [0.3, 0.4) is 0 Å². The predicted octanol–water partition coefficient (Wildman–Crippen LogP) is 3.44. The van der Waals surface area contributed by atoms with Crippen molar-refractivity contribution in [3.8, 4) is 11.6 Å². The molecular weight excluding hydrogens is 280 g/mol. The maximum atomic E-state index is 12.3. The zero-order chi connectivity index (χ0) is 15.9. The second-order valence-electron chi connectivity index (χ2n) is 4.68. The van der Waals surface area contributed by atoms with Crippen molar-refractivity contribution in [2.45, 2.75) is 20.8 Å². The van der Waals surface area contributed by atoms with Crippen molar-refractivity contribution in [2.75, 3.05) is 18.5 Å². The molecule has 0 radical (unpaired) electrons. The monoisotopic (exact) mass is 300 g/mol. The van der Waals surface area contributed by atoms with Crippen LogP contribution in [0.2, 0.25) is 0 Å². The Labute approximate surface area is 130 Å². The standard InChI is InChI=1S/C17H20N2O3/c1-4-21-15-7-6-14(10-12(15)3)19-17(20)13-8-9-18-16(11-13)22-5-2/h6-11H,4-5H2,1-3H3,(H,19,20). The molecular formula is C17H20N2O3. The number of aryl methyl sites for hydroxylation is 1. The molecule has 0 bridgehead atoms. The summed E-state index contributed by atoms with van der Waals surface area (Å²) < 4.78 is 10.8. The van der Waals surface area contributed by atoms with Gasteiger partial charge >= 0.3 is 0 Å². The van der Waals surface area contributed by atoms with Gasteiger partial charge in [-0.05, 0) is 50.6 Å². The quantitative estimate of drug-likeness (QED) is 0.887. The van der Waals surface area contributed by atoms with Crippen LogP contribution >= 0.6 is 0 Å². The molecule has 0 saturated heterocycles. The molecule has 22 heavy (non-hydrogen) atoms. The largest absolute Gasteiger partial charge is 0.494 e. The van der Waals surface area contributed by atoms with Crippen LogP contribution in [0.1, 0.15) is 29.8 Å². The molecule has 0 aliphatic carbocycles. The predicted molar refractivity (Wildman–Crippen MR) is 85.7 cm³/mol. The number of amides is 1. The topological polar surface area (TPSA) is 60.5 Å². The Kier molecular flexibility index (Phi) is 5.36. The van der Waals surface area contributed by atoms with Crippen LogP contribution in [0, 0.1) is 6.92 Å². The lowest BCUT2D eigenvalue weighted by Gasteiger charge is -2.10. The van der Waals surface area contributed by atoms with Crippen LogP contribution in [0.25, 0.3) is 0 Å². The van der Waals surface area contributed by atoms with Crippen molar-refractivity contribution in [1.82, 2.24) is 4.98 Å². The summed E-state index contributed by atoms with van der Waals surface area (Å²) in [6, 6.07) is 8.83. The summed E-state index contributed by atoms with van der Waals surface area (Å²) in [5.74, 6) is 1.06. The number of ether oxygens (including phenoxy) is 2. The fourth-order valence-electron chi connectivity index (χ4n) is 2.03. The molecule has 0 atom stereocenters. The number of rotatable bonds is 6. The van der Waals surface area contributed by atoms with Gasteiger partial charge in [0.05, 0.1) is 13.2 Å². The van der Waals surface area contributed by atoms with Gasteiger partial charge < -0.3 is 14.8 Å². The van der Waals surface area contributed by atoms with Gasteiger partial charge in [0.15, 0.2) is 0 Å². The Balaban J connectivity index is 2.11. The van der Waals surface area contributed by atoms with Gasteiger partial charge in [-0.3, -0.25) is 4.79 Å². The summed E-state index contributed by atoms with van der Waals surface area (Å²) in [5, 5.41) is 2.86. The third-order valence-electron chi connectivity index (χ3n) is 3.02. The van der Waals surface area contributed by atoms with Gasteiger partial charge in [0.1, 0.15) is 5.75 Å². The molecule has 1 aromatic carbocycles. The van der Waals surface area contributed by atoms with E-state index in [1.807, 2.05) is 39.0 Å². The van der Waals surface area contributed by atoms with Crippen molar-refractivity contribution in [2.24, 2.45) is 0 Å². The van der Waals surface area contributed by atoms with E-state index in [1.165, 1.54) is 0 Å². The maximum absolute atomic E-state index is 12.3. The van der Waals surface area contributed by atoms with E-state index < -0.39 is 0 Å². The Hall–Kier alpha value is -2.56. The molecule has 1 amide bonds. The van der Waals surface area contributed by atoms with Crippen LogP contribution in [0.5, 0.6) is 11.6 Å². The lowest BCUT2D eigenvalue weighted by molar-refractivity contribution is 0.102. The first-order valence-corrected chi connectivity index (χ1v) is 7.27. The maximum Gasteiger partial charge on any atom is 0.255 e. The van der Waals surface area contributed by atoms with Crippen molar-refractivity contribution in [1.29, 1.82) is 0 Å². The van der Waals surface area contributed by atoms with Gasteiger partial charge in [0.25, 0.3) is 5.91 Å². The van der Waals surface area contributed by atoms with Crippen LogP contribution < -0.4 is 14.8 Å². The number of nitrogens with one attached hydrogen (secondary N) is 1. The first-order valence-electron chi connectivity index (χ1n) is 7.27. The van der Waals surface area contributed by atoms with Crippen molar-refractivity contribution < 1.29 is 14.3 Å². The normalized spacial score (nSPS) is 10.1. The number of aromatic nitrogens is 1. The summed E-state index contributed by atoms with van der Waals surface area (Å²) in [6.07, 6.45) is 1.56. The Morgan fingerprint density at radius 2 is 1.91 bits per heavy atom. The minimum atomic E-state index is -0.202. The highest BCUT2D eigenvalue weighted by Crippen LogP contribution is 2.22. The summed E-state index contributed by atoms with van der Waals surface area (Å²) in [7, 11) is 0. The second kappa shape index (κ2) is 7.45. The number of carbonyl (C=O) groups is 1. The Bertz CT molecular complexity index is 656. The smallest absolute Gasteiger partial charge is 0.255 e. The molecule has 0 spiro atoms. The van der Waals surface area contributed by atoms with E-state index in [9.17, 15) is 4.79 Å². The fourth-order valence-corrected chi connectivity index (χ4v) is 2.03. The summed E-state index contributed by atoms with van der Waals surface area (Å²) >= 11 is 0. The van der Waals surface area contributed by atoms with E-state index >= 15 is 0 Å². The molecule has 5 heteroatoms. The van der Waals surface area contributed by atoms with Crippen molar-refractivity contribution in [3.63, 3.8) is 0 Å². The lowest BCUT2D eigenvalue weighted by atomic mass is 10.2. The number of hydrogen-bond donors (Lipinski definition) is 1. The molecule has 1 aromatic heterocycles. The number of benzene rings is 1. The van der Waals surface area contributed by atoms with E-state index in [0.717, 1.165) is 17.0 Å². The van der Waals surface area contributed by atoms with Gasteiger partial charge in [-0.25, -0.2) is 4.98 Å². The highest BCUT2D eigenvalue weighted by Gasteiger charge is 2.09. The lowest BCUT2D eigenvalue weighted by Crippen LogP contribution is -2.12. The first kappa shape index (κ1) is 15.8. The molecule has 0 fully saturated rings. The SMILES string of the molecule is CCOc1cc(C(=O)Nc2ccc(OCC)c(C)c2)ccn1. The third-order valence-corrected chi connectivity index (χ3v) is 3.02. The van der Waals surface area contributed by atoms with Crippen molar-refractivity contribution in [3.05, 3.63) is 47.7 Å². The highest BCUT2D eigenvalue weighted by atomic mass is 16.5. The highest BCUT2D eigenvalue weighted by molar-refractivity contribution is 6.04. The van der Waals surface area contributed by atoms with Gasteiger partial charge in [-0.2, -0.15) is 0 Å². The molecule has 0 saturated carbocycles. The Morgan fingerprint density at radius 3 is 2.59 bits per heavy atom. The minimum absolute atomic E-state index is 0.202. The van der Waals surface area contributed by atoms with Crippen molar-refractivity contribution >= 4 is 11.6 Å². The van der Waals surface area contributed by atoms with Gasteiger partial charge in [-0.1, -0.05) is 0 Å². The number of anilines is 1. The average molecular weight is 300 g/mol. The summed E-state index contributed by atoms with van der Waals surface area (Å²) in [4.78, 5) is 16.3. The van der Waals surface area contributed by atoms with E-state index in [0.29, 0.717) is 24.7 Å².